The molecule has 0 radical (unpaired) electrons. The Hall–Kier alpha value is -5.04. The number of amides is 1. The lowest BCUT2D eigenvalue weighted by Gasteiger charge is -2.38. The quantitative estimate of drug-likeness (QED) is 0.264. The monoisotopic (exact) mass is 572 g/mol. The van der Waals surface area contributed by atoms with Gasteiger partial charge in [0.25, 0.3) is 0 Å². The summed E-state index contributed by atoms with van der Waals surface area (Å²) < 4.78 is 19.8. The maximum atomic E-state index is 14.7. The summed E-state index contributed by atoms with van der Waals surface area (Å²) in [6, 6.07) is 25.6. The number of rotatable bonds is 6. The Morgan fingerprint density at radius 1 is 0.860 bits per heavy atom. The maximum Gasteiger partial charge on any atom is 0.238 e. The van der Waals surface area contributed by atoms with Gasteiger partial charge in [0, 0.05) is 23.0 Å². The molecule has 0 bridgehead atoms. The normalized spacial score (nSPS) is 23.1. The second-order valence-electron chi connectivity index (χ2n) is 11.5. The summed E-state index contributed by atoms with van der Waals surface area (Å²) in [7, 11) is 0. The van der Waals surface area contributed by atoms with Crippen LogP contribution in [0.15, 0.2) is 103 Å². The fourth-order valence-electron chi connectivity index (χ4n) is 7.10. The van der Waals surface area contributed by atoms with Gasteiger partial charge in [-0.1, -0.05) is 42.5 Å². The van der Waals surface area contributed by atoms with Crippen molar-refractivity contribution in [2.24, 2.45) is 5.92 Å². The van der Waals surface area contributed by atoms with Gasteiger partial charge in [0.05, 0.1) is 18.1 Å². The molecule has 1 saturated heterocycles. The second-order valence-corrected chi connectivity index (χ2v) is 11.5. The first-order chi connectivity index (χ1) is 20.8. The molecular formula is C36H29FN2O4. The Morgan fingerprint density at radius 3 is 2.26 bits per heavy atom. The number of carbonyl (C=O) groups is 3. The van der Waals surface area contributed by atoms with Crippen molar-refractivity contribution in [3.05, 3.63) is 137 Å². The minimum absolute atomic E-state index is 0.0331. The van der Waals surface area contributed by atoms with E-state index in [4.69, 9.17) is 4.74 Å². The minimum atomic E-state index is -1.44. The van der Waals surface area contributed by atoms with Crippen molar-refractivity contribution in [1.29, 1.82) is 0 Å². The van der Waals surface area contributed by atoms with E-state index >= 15 is 0 Å². The summed E-state index contributed by atoms with van der Waals surface area (Å²) in [4.78, 5) is 45.7. The van der Waals surface area contributed by atoms with Crippen LogP contribution < -0.4 is 10.1 Å². The van der Waals surface area contributed by atoms with Crippen molar-refractivity contribution in [3.8, 4) is 5.75 Å². The number of hydrogen-bond acceptors (Lipinski definition) is 5. The van der Waals surface area contributed by atoms with E-state index < -0.39 is 35.0 Å². The number of Topliss-reactive ketones (excluding diaryl/α,β-unsaturated/α-hetero) is 2. The van der Waals surface area contributed by atoms with E-state index in [1.54, 1.807) is 24.3 Å². The topological polar surface area (TPSA) is 75.7 Å². The van der Waals surface area contributed by atoms with Crippen molar-refractivity contribution in [2.45, 2.75) is 37.5 Å². The molecule has 7 heteroatoms. The molecule has 6 nitrogen and oxygen atoms in total. The molecule has 43 heavy (non-hydrogen) atoms. The number of ketones is 2. The van der Waals surface area contributed by atoms with E-state index in [-0.39, 0.29) is 23.4 Å². The van der Waals surface area contributed by atoms with Crippen LogP contribution in [0.3, 0.4) is 0 Å². The van der Waals surface area contributed by atoms with Gasteiger partial charge in [-0.2, -0.15) is 0 Å². The molecule has 0 aromatic heterocycles. The van der Waals surface area contributed by atoms with E-state index in [1.165, 1.54) is 24.3 Å². The number of anilines is 1. The zero-order valence-corrected chi connectivity index (χ0v) is 23.7. The standard InChI is InChI=1S/C36H29FN2O4/c1-21(2)43-26-17-13-24(14-18-26)33(41)31-30(32(40)23-11-15-25(37)16-12-23)36(28-9-5-6-10-29(28)38-35(36)42)34-27-8-4-3-7-22(27)19-20-39(31)34/h3-21,30-31,34H,1-2H3,(H,38,42)/t30-,31+,34+,36-/m1/s1. The summed E-state index contributed by atoms with van der Waals surface area (Å²) >= 11 is 0. The highest BCUT2D eigenvalue weighted by molar-refractivity contribution is 6.16. The first-order valence-electron chi connectivity index (χ1n) is 14.4. The highest BCUT2D eigenvalue weighted by atomic mass is 19.1. The number of benzene rings is 4. The molecule has 3 aliphatic heterocycles. The van der Waals surface area contributed by atoms with Crippen molar-refractivity contribution in [3.63, 3.8) is 0 Å². The van der Waals surface area contributed by atoms with E-state index in [1.807, 2.05) is 79.6 Å². The smallest absolute Gasteiger partial charge is 0.238 e. The molecule has 3 heterocycles. The third kappa shape index (κ3) is 4.02. The van der Waals surface area contributed by atoms with Crippen LogP contribution in [0.5, 0.6) is 5.75 Å². The predicted octanol–water partition coefficient (Wildman–Crippen LogP) is 6.59. The zero-order valence-electron chi connectivity index (χ0n) is 23.7. The number of nitrogens with one attached hydrogen (secondary N) is 1. The van der Waals surface area contributed by atoms with Gasteiger partial charge >= 0.3 is 0 Å². The minimum Gasteiger partial charge on any atom is -0.491 e. The summed E-state index contributed by atoms with van der Waals surface area (Å²) in [6.07, 6.45) is 3.72. The Kier molecular flexibility index (Phi) is 6.27. The van der Waals surface area contributed by atoms with Crippen molar-refractivity contribution in [1.82, 2.24) is 4.90 Å². The van der Waals surface area contributed by atoms with Crippen LogP contribution in [0, 0.1) is 11.7 Å². The number of ether oxygens (including phenoxy) is 1. The largest absolute Gasteiger partial charge is 0.491 e. The molecule has 4 aromatic rings. The van der Waals surface area contributed by atoms with E-state index in [0.717, 1.165) is 11.1 Å². The third-order valence-corrected chi connectivity index (χ3v) is 8.76. The van der Waals surface area contributed by atoms with E-state index in [0.29, 0.717) is 22.6 Å². The number of carbonyl (C=O) groups excluding carboxylic acids is 3. The van der Waals surface area contributed by atoms with Crippen molar-refractivity contribution < 1.29 is 23.5 Å². The van der Waals surface area contributed by atoms with Crippen LogP contribution >= 0.6 is 0 Å². The van der Waals surface area contributed by atoms with E-state index in [9.17, 15) is 18.8 Å². The Morgan fingerprint density at radius 2 is 1.51 bits per heavy atom. The molecule has 1 fully saturated rings. The number of para-hydroxylation sites is 1. The van der Waals surface area contributed by atoms with Crippen LogP contribution in [0.1, 0.15) is 57.3 Å². The Labute approximate surface area is 248 Å². The average Bonchev–Trinajstić information content (AvgIpc) is 3.49. The summed E-state index contributed by atoms with van der Waals surface area (Å²) in [5.74, 6) is -2.01. The lowest BCUT2D eigenvalue weighted by molar-refractivity contribution is -0.122. The summed E-state index contributed by atoms with van der Waals surface area (Å²) in [5, 5.41) is 3.03. The molecule has 4 atom stereocenters. The summed E-state index contributed by atoms with van der Waals surface area (Å²) in [5.41, 5.74) is 2.23. The summed E-state index contributed by atoms with van der Waals surface area (Å²) in [6.45, 7) is 3.85. The van der Waals surface area contributed by atoms with Crippen molar-refractivity contribution >= 4 is 29.2 Å². The van der Waals surface area contributed by atoms with Gasteiger partial charge in [0.15, 0.2) is 11.6 Å². The van der Waals surface area contributed by atoms with Gasteiger partial charge in [0.2, 0.25) is 5.91 Å². The van der Waals surface area contributed by atoms with E-state index in [2.05, 4.69) is 5.32 Å². The molecule has 0 saturated carbocycles. The lowest BCUT2D eigenvalue weighted by Crippen LogP contribution is -2.49. The molecule has 1 amide bonds. The molecule has 4 aromatic carbocycles. The molecule has 0 unspecified atom stereocenters. The van der Waals surface area contributed by atoms with Crippen LogP contribution in [-0.2, 0) is 10.2 Å². The molecule has 0 aliphatic carbocycles. The third-order valence-electron chi connectivity index (χ3n) is 8.76. The predicted molar refractivity (Wildman–Crippen MR) is 161 cm³/mol. The van der Waals surface area contributed by atoms with Crippen LogP contribution in [-0.4, -0.2) is 34.5 Å². The highest BCUT2D eigenvalue weighted by Crippen LogP contribution is 2.62. The Bertz CT molecular complexity index is 1800. The molecule has 7 rings (SSSR count). The van der Waals surface area contributed by atoms with Crippen LogP contribution in [0.4, 0.5) is 10.1 Å². The number of nitrogens with zero attached hydrogens (tertiary/aromatic N) is 1. The molecular weight excluding hydrogens is 543 g/mol. The zero-order chi connectivity index (χ0) is 29.9. The van der Waals surface area contributed by atoms with Gasteiger partial charge in [-0.15, -0.1) is 0 Å². The van der Waals surface area contributed by atoms with Gasteiger partial charge in [-0.05, 0) is 91.2 Å². The lowest BCUT2D eigenvalue weighted by atomic mass is 9.62. The van der Waals surface area contributed by atoms with Crippen molar-refractivity contribution in [2.75, 3.05) is 5.32 Å². The van der Waals surface area contributed by atoms with Gasteiger partial charge < -0.3 is 15.0 Å². The Balaban J connectivity index is 1.47. The molecule has 214 valence electrons. The average molecular weight is 573 g/mol. The molecule has 3 aliphatic rings. The van der Waals surface area contributed by atoms with Gasteiger partial charge in [0.1, 0.15) is 23.0 Å². The van der Waals surface area contributed by atoms with Gasteiger partial charge in [-0.3, -0.25) is 14.4 Å². The van der Waals surface area contributed by atoms with Crippen LogP contribution in [0.25, 0.3) is 6.08 Å². The van der Waals surface area contributed by atoms with Crippen LogP contribution in [0.2, 0.25) is 0 Å². The SMILES string of the molecule is CC(C)Oc1ccc(C(=O)[C@@H]2[C@H](C(=O)c3ccc(F)cc3)[C@@]3(C(=O)Nc4ccccc43)[C@@H]3c4ccccc4C=CN23)cc1. The van der Waals surface area contributed by atoms with Gasteiger partial charge in [-0.25, -0.2) is 4.39 Å². The second kappa shape index (κ2) is 10.1. The fraction of sp³-hybridized carbons (Fsp3) is 0.194. The molecule has 1 N–H and O–H groups in total. The maximum absolute atomic E-state index is 14.7. The number of fused-ring (bicyclic) bond motifs is 6. The number of halogens is 1. The fourth-order valence-corrected chi connectivity index (χ4v) is 7.10. The first kappa shape index (κ1) is 26.8. The molecule has 1 spiro atoms. The first-order valence-corrected chi connectivity index (χ1v) is 14.4. The number of hydrogen-bond donors (Lipinski definition) is 1. The highest BCUT2D eigenvalue weighted by Gasteiger charge is 2.70.